The zero-order valence-corrected chi connectivity index (χ0v) is 20.5. The lowest BCUT2D eigenvalue weighted by Crippen LogP contribution is -2.03. The van der Waals surface area contributed by atoms with Gasteiger partial charge in [-0.1, -0.05) is 17.7 Å². The molecule has 0 atom stereocenters. The summed E-state index contributed by atoms with van der Waals surface area (Å²) in [7, 11) is 1.88. The molecule has 0 saturated heterocycles. The van der Waals surface area contributed by atoms with Gasteiger partial charge in [-0.15, -0.1) is 0 Å². The highest BCUT2D eigenvalue weighted by molar-refractivity contribution is 6.32. The summed E-state index contributed by atoms with van der Waals surface area (Å²) in [5.41, 5.74) is 3.19. The largest absolute Gasteiger partial charge is 0.487 e. The number of benzene rings is 2. The van der Waals surface area contributed by atoms with E-state index in [1.165, 1.54) is 19.3 Å². The van der Waals surface area contributed by atoms with Gasteiger partial charge in [0.1, 0.15) is 36.0 Å². The number of fused-ring (bicyclic) bond motifs is 1. The predicted molar refractivity (Wildman–Crippen MR) is 139 cm³/mol. The van der Waals surface area contributed by atoms with E-state index in [2.05, 4.69) is 20.6 Å². The fraction of sp³-hybridized carbons (Fsp3) is 0.185. The molecule has 8 heteroatoms. The summed E-state index contributed by atoms with van der Waals surface area (Å²) in [4.78, 5) is 8.81. The second kappa shape index (κ2) is 11.2. The van der Waals surface area contributed by atoms with Gasteiger partial charge in [-0.2, -0.15) is 0 Å². The number of anilines is 2. The molecule has 0 fully saturated rings. The SMILES string of the molecule is C/C=C(\C=C(/C)F)COc1ccc(Nc2ncnc3ccc(-c4ccc(CNC)o4)cc23)cc1Cl. The van der Waals surface area contributed by atoms with Crippen molar-refractivity contribution in [2.45, 2.75) is 20.4 Å². The third-order valence-corrected chi connectivity index (χ3v) is 5.57. The second-order valence-corrected chi connectivity index (χ2v) is 8.31. The molecule has 0 aliphatic heterocycles. The van der Waals surface area contributed by atoms with Crippen LogP contribution in [0.3, 0.4) is 0 Å². The minimum Gasteiger partial charge on any atom is -0.487 e. The van der Waals surface area contributed by atoms with E-state index < -0.39 is 0 Å². The highest BCUT2D eigenvalue weighted by Gasteiger charge is 2.11. The average molecular weight is 493 g/mol. The standard InChI is InChI=1S/C27H26ClFN4O2/c1-4-18(11-17(2)29)15-34-26-9-6-20(13-23(26)28)33-27-22-12-19(5-8-24(22)31-16-32-27)25-10-7-21(35-25)14-30-3/h4-13,16,30H,14-15H2,1-3H3,(H,31,32,33)/b17-11+,18-4+. The van der Waals surface area contributed by atoms with Crippen LogP contribution in [0.2, 0.25) is 5.02 Å². The zero-order valence-electron chi connectivity index (χ0n) is 19.7. The van der Waals surface area contributed by atoms with Crippen molar-refractivity contribution in [1.29, 1.82) is 0 Å². The van der Waals surface area contributed by atoms with Crippen molar-refractivity contribution >= 4 is 34.0 Å². The van der Waals surface area contributed by atoms with Crippen LogP contribution in [0.5, 0.6) is 5.75 Å². The van der Waals surface area contributed by atoms with E-state index in [0.717, 1.165) is 39.2 Å². The maximum absolute atomic E-state index is 13.2. The molecule has 0 radical (unpaired) electrons. The quantitative estimate of drug-likeness (QED) is 0.241. The Morgan fingerprint density at radius 3 is 2.74 bits per heavy atom. The van der Waals surface area contributed by atoms with E-state index in [4.69, 9.17) is 20.8 Å². The Morgan fingerprint density at radius 1 is 1.14 bits per heavy atom. The summed E-state index contributed by atoms with van der Waals surface area (Å²) >= 11 is 6.46. The van der Waals surface area contributed by atoms with Gasteiger partial charge in [-0.05, 0) is 81.1 Å². The molecule has 0 saturated carbocycles. The summed E-state index contributed by atoms with van der Waals surface area (Å²) in [6.45, 7) is 4.10. The fourth-order valence-electron chi connectivity index (χ4n) is 3.57. The first kappa shape index (κ1) is 24.4. The molecule has 0 aliphatic carbocycles. The Labute approximate surface area is 208 Å². The van der Waals surface area contributed by atoms with E-state index in [-0.39, 0.29) is 12.4 Å². The van der Waals surface area contributed by atoms with Crippen molar-refractivity contribution in [3.05, 3.63) is 89.2 Å². The van der Waals surface area contributed by atoms with E-state index >= 15 is 0 Å². The van der Waals surface area contributed by atoms with Crippen LogP contribution >= 0.6 is 11.6 Å². The molecule has 4 aromatic rings. The smallest absolute Gasteiger partial charge is 0.141 e. The number of rotatable bonds is 9. The van der Waals surface area contributed by atoms with Gasteiger partial charge in [0.2, 0.25) is 0 Å². The summed E-state index contributed by atoms with van der Waals surface area (Å²) in [6.07, 6.45) is 4.74. The highest BCUT2D eigenvalue weighted by Crippen LogP contribution is 2.32. The van der Waals surface area contributed by atoms with Crippen LogP contribution in [-0.4, -0.2) is 23.6 Å². The molecule has 35 heavy (non-hydrogen) atoms. The summed E-state index contributed by atoms with van der Waals surface area (Å²) in [5.74, 6) is 2.50. The number of hydrogen-bond acceptors (Lipinski definition) is 6. The first-order chi connectivity index (χ1) is 17.0. The van der Waals surface area contributed by atoms with Crippen molar-refractivity contribution < 1.29 is 13.5 Å². The van der Waals surface area contributed by atoms with Crippen LogP contribution in [0, 0.1) is 0 Å². The van der Waals surface area contributed by atoms with E-state index in [9.17, 15) is 4.39 Å². The van der Waals surface area contributed by atoms with Crippen molar-refractivity contribution in [2.24, 2.45) is 0 Å². The van der Waals surface area contributed by atoms with Gasteiger partial charge in [-0.3, -0.25) is 0 Å². The maximum Gasteiger partial charge on any atom is 0.141 e. The number of nitrogens with one attached hydrogen (secondary N) is 2. The van der Waals surface area contributed by atoms with Crippen LogP contribution in [0.15, 0.2) is 82.8 Å². The molecule has 0 spiro atoms. The van der Waals surface area contributed by atoms with Gasteiger partial charge in [0, 0.05) is 16.6 Å². The number of hydrogen-bond donors (Lipinski definition) is 2. The average Bonchev–Trinajstić information content (AvgIpc) is 3.31. The molecule has 0 aliphatic rings. The Bertz CT molecular complexity index is 1390. The van der Waals surface area contributed by atoms with Gasteiger partial charge in [0.25, 0.3) is 0 Å². The number of halogens is 2. The van der Waals surface area contributed by atoms with Crippen molar-refractivity contribution in [1.82, 2.24) is 15.3 Å². The third-order valence-electron chi connectivity index (χ3n) is 5.28. The molecule has 2 heterocycles. The van der Waals surface area contributed by atoms with Crippen LogP contribution in [0.1, 0.15) is 19.6 Å². The molecular weight excluding hydrogens is 467 g/mol. The fourth-order valence-corrected chi connectivity index (χ4v) is 3.80. The Kier molecular flexibility index (Phi) is 7.80. The van der Waals surface area contributed by atoms with Gasteiger partial charge < -0.3 is 19.8 Å². The van der Waals surface area contributed by atoms with Crippen LogP contribution < -0.4 is 15.4 Å². The predicted octanol–water partition coefficient (Wildman–Crippen LogP) is 7.20. The lowest BCUT2D eigenvalue weighted by atomic mass is 10.1. The molecule has 0 unspecified atom stereocenters. The molecule has 0 bridgehead atoms. The molecule has 0 amide bonds. The van der Waals surface area contributed by atoms with Gasteiger partial charge in [0.05, 0.1) is 22.9 Å². The Balaban J connectivity index is 1.56. The van der Waals surface area contributed by atoms with E-state index in [1.54, 1.807) is 18.2 Å². The molecule has 2 N–H and O–H groups in total. The number of aromatic nitrogens is 2. The number of furan rings is 1. The highest BCUT2D eigenvalue weighted by atomic mass is 35.5. The normalized spacial score (nSPS) is 12.3. The summed E-state index contributed by atoms with van der Waals surface area (Å²) < 4.78 is 24.9. The topological polar surface area (TPSA) is 72.2 Å². The van der Waals surface area contributed by atoms with Crippen LogP contribution in [0.4, 0.5) is 15.9 Å². The maximum atomic E-state index is 13.2. The zero-order chi connectivity index (χ0) is 24.8. The molecule has 180 valence electrons. The second-order valence-electron chi connectivity index (χ2n) is 7.90. The summed E-state index contributed by atoms with van der Waals surface area (Å²) in [5, 5.41) is 7.68. The van der Waals surface area contributed by atoms with Crippen molar-refractivity contribution in [3.63, 3.8) is 0 Å². The first-order valence-corrected chi connectivity index (χ1v) is 11.5. The number of allylic oxidation sites excluding steroid dienone is 2. The Morgan fingerprint density at radius 2 is 2.00 bits per heavy atom. The molecule has 2 aromatic carbocycles. The van der Waals surface area contributed by atoms with Crippen molar-refractivity contribution in [3.8, 4) is 17.1 Å². The summed E-state index contributed by atoms with van der Waals surface area (Å²) in [6, 6.07) is 15.2. The minimum atomic E-state index is -0.280. The minimum absolute atomic E-state index is 0.215. The lowest BCUT2D eigenvalue weighted by molar-refractivity contribution is 0.355. The monoisotopic (exact) mass is 492 g/mol. The Hall–Kier alpha value is -3.68. The molecule has 6 nitrogen and oxygen atoms in total. The van der Waals surface area contributed by atoms with Gasteiger partial charge in [-0.25, -0.2) is 14.4 Å². The van der Waals surface area contributed by atoms with E-state index in [1.807, 2.05) is 50.4 Å². The van der Waals surface area contributed by atoms with Crippen LogP contribution in [-0.2, 0) is 6.54 Å². The molecular formula is C27H26ClFN4O2. The van der Waals surface area contributed by atoms with Crippen LogP contribution in [0.25, 0.3) is 22.2 Å². The number of ether oxygens (including phenoxy) is 1. The van der Waals surface area contributed by atoms with Gasteiger partial charge >= 0.3 is 0 Å². The molecule has 4 rings (SSSR count). The van der Waals surface area contributed by atoms with Crippen molar-refractivity contribution in [2.75, 3.05) is 19.0 Å². The first-order valence-electron chi connectivity index (χ1n) is 11.1. The lowest BCUT2D eigenvalue weighted by Gasteiger charge is -2.12. The molecule has 2 aromatic heterocycles. The van der Waals surface area contributed by atoms with Gasteiger partial charge in [0.15, 0.2) is 0 Å². The van der Waals surface area contributed by atoms with E-state index in [0.29, 0.717) is 23.1 Å². The third kappa shape index (κ3) is 6.07. The number of nitrogens with zero attached hydrogens (tertiary/aromatic N) is 2.